The van der Waals surface area contributed by atoms with Gasteiger partial charge in [-0.15, -0.1) is 0 Å². The molecule has 0 fully saturated rings. The summed E-state index contributed by atoms with van der Waals surface area (Å²) in [6.45, 7) is 2.05. The fourth-order valence-corrected chi connectivity index (χ4v) is 4.04. The maximum absolute atomic E-state index is 15.0. The van der Waals surface area contributed by atoms with Crippen molar-refractivity contribution in [2.75, 3.05) is 0 Å². The van der Waals surface area contributed by atoms with Crippen molar-refractivity contribution in [2.24, 2.45) is 0 Å². The minimum absolute atomic E-state index is 0.0685. The van der Waals surface area contributed by atoms with Crippen molar-refractivity contribution in [2.45, 2.75) is 25.9 Å². The number of rotatable bonds is 9. The van der Waals surface area contributed by atoms with Crippen LogP contribution in [-0.4, -0.2) is 0 Å². The van der Waals surface area contributed by atoms with Crippen molar-refractivity contribution in [1.29, 1.82) is 0 Å². The SMILES string of the molecule is CCCc1ccc(-c2ccc(-c3cc(F)c(C(F)(F)Oc4ccc(OC=C(F)F)c(F)c4)c(F)c3)c(F)c2)cc1. The highest BCUT2D eigenvalue weighted by Gasteiger charge is 2.41. The Bertz CT molecular complexity index is 1520. The first-order valence-electron chi connectivity index (χ1n) is 11.9. The molecule has 0 amide bonds. The second kappa shape index (κ2) is 11.8. The van der Waals surface area contributed by atoms with E-state index < -0.39 is 52.5 Å². The molecule has 4 aromatic carbocycles. The third-order valence-electron chi connectivity index (χ3n) is 5.86. The Hall–Kier alpha value is -4.34. The molecule has 0 saturated carbocycles. The Morgan fingerprint density at radius 2 is 1.35 bits per heavy atom. The number of aryl methyl sites for hydroxylation is 1. The maximum atomic E-state index is 15.0. The van der Waals surface area contributed by atoms with Gasteiger partial charge in [-0.2, -0.15) is 17.6 Å². The lowest BCUT2D eigenvalue weighted by atomic mass is 9.97. The highest BCUT2D eigenvalue weighted by molar-refractivity contribution is 5.71. The molecule has 2 nitrogen and oxygen atoms in total. The zero-order valence-electron chi connectivity index (χ0n) is 20.8. The number of hydrogen-bond donors (Lipinski definition) is 0. The predicted molar refractivity (Wildman–Crippen MR) is 133 cm³/mol. The summed E-state index contributed by atoms with van der Waals surface area (Å²) in [5.74, 6) is -7.25. The molecule has 0 atom stereocenters. The average Bonchev–Trinajstić information content (AvgIpc) is 2.88. The van der Waals surface area contributed by atoms with Gasteiger partial charge in [0.1, 0.15) is 28.8 Å². The van der Waals surface area contributed by atoms with Gasteiger partial charge in [-0.3, -0.25) is 0 Å². The minimum atomic E-state index is -4.63. The fraction of sp³-hybridized carbons (Fsp3) is 0.133. The normalized spacial score (nSPS) is 11.3. The molecule has 0 spiro atoms. The number of alkyl halides is 2. The second-order valence-corrected chi connectivity index (χ2v) is 8.69. The van der Waals surface area contributed by atoms with Crippen molar-refractivity contribution in [3.05, 3.63) is 120 Å². The standard InChI is InChI=1S/C30H20F8O2/c1-2-3-17-4-6-18(7-5-17)19-8-10-22(23(31)12-19)20-13-25(33)29(26(34)14-20)30(37,38)40-21-9-11-27(24(32)15-21)39-16-28(35)36/h4-16H,2-3H2,1H3. The topological polar surface area (TPSA) is 18.5 Å². The van der Waals surface area contributed by atoms with Gasteiger partial charge in [-0.05, 0) is 59.0 Å². The monoisotopic (exact) mass is 564 g/mol. The summed E-state index contributed by atoms with van der Waals surface area (Å²) in [7, 11) is 0. The minimum Gasteiger partial charge on any atom is -0.456 e. The van der Waals surface area contributed by atoms with Gasteiger partial charge in [0.2, 0.25) is 0 Å². The number of hydrogen-bond acceptors (Lipinski definition) is 2. The molecule has 0 aliphatic carbocycles. The van der Waals surface area contributed by atoms with Crippen molar-refractivity contribution < 1.29 is 44.6 Å². The van der Waals surface area contributed by atoms with Crippen LogP contribution < -0.4 is 9.47 Å². The Morgan fingerprint density at radius 1 is 0.725 bits per heavy atom. The lowest BCUT2D eigenvalue weighted by Gasteiger charge is -2.20. The van der Waals surface area contributed by atoms with E-state index >= 15 is 0 Å². The van der Waals surface area contributed by atoms with Crippen LogP contribution in [0.5, 0.6) is 11.5 Å². The number of ether oxygens (including phenoxy) is 2. The van der Waals surface area contributed by atoms with Gasteiger partial charge in [0.15, 0.2) is 17.8 Å². The van der Waals surface area contributed by atoms with Crippen LogP contribution in [-0.2, 0) is 12.5 Å². The summed E-state index contributed by atoms with van der Waals surface area (Å²) in [6.07, 6.45) is -5.10. The third kappa shape index (κ3) is 6.44. The molecule has 4 aromatic rings. The predicted octanol–water partition coefficient (Wildman–Crippen LogP) is 9.77. The molecule has 208 valence electrons. The average molecular weight is 564 g/mol. The van der Waals surface area contributed by atoms with Crippen molar-refractivity contribution in [3.63, 3.8) is 0 Å². The largest absolute Gasteiger partial charge is 0.456 e. The first-order chi connectivity index (χ1) is 19.0. The van der Waals surface area contributed by atoms with Gasteiger partial charge >= 0.3 is 12.2 Å². The molecule has 0 radical (unpaired) electrons. The van der Waals surface area contributed by atoms with E-state index in [1.165, 1.54) is 18.2 Å². The van der Waals surface area contributed by atoms with E-state index in [1.807, 2.05) is 31.2 Å². The molecule has 0 bridgehead atoms. The Kier molecular flexibility index (Phi) is 8.46. The smallest absolute Gasteiger partial charge is 0.432 e. The van der Waals surface area contributed by atoms with Gasteiger partial charge in [-0.1, -0.05) is 49.7 Å². The molecule has 0 aliphatic heterocycles. The van der Waals surface area contributed by atoms with Crippen LogP contribution in [0.4, 0.5) is 35.1 Å². The Labute approximate surface area is 224 Å². The van der Waals surface area contributed by atoms with E-state index in [0.29, 0.717) is 29.8 Å². The van der Waals surface area contributed by atoms with Gasteiger partial charge in [0.25, 0.3) is 0 Å². The molecule has 0 unspecified atom stereocenters. The summed E-state index contributed by atoms with van der Waals surface area (Å²) >= 11 is 0. The van der Waals surface area contributed by atoms with Gasteiger partial charge in [-0.25, -0.2) is 17.6 Å². The van der Waals surface area contributed by atoms with Crippen LogP contribution in [0.3, 0.4) is 0 Å². The number of benzene rings is 4. The lowest BCUT2D eigenvalue weighted by molar-refractivity contribution is -0.189. The molecular weight excluding hydrogens is 544 g/mol. The van der Waals surface area contributed by atoms with E-state index in [9.17, 15) is 35.1 Å². The molecule has 0 N–H and O–H groups in total. The molecular formula is C30H20F8O2. The quantitative estimate of drug-likeness (QED) is 0.149. The zero-order chi connectivity index (χ0) is 29.0. The first kappa shape index (κ1) is 28.7. The van der Waals surface area contributed by atoms with E-state index in [4.69, 9.17) is 0 Å². The lowest BCUT2D eigenvalue weighted by Crippen LogP contribution is -2.25. The van der Waals surface area contributed by atoms with Crippen LogP contribution in [0.15, 0.2) is 85.1 Å². The Morgan fingerprint density at radius 3 is 1.93 bits per heavy atom. The maximum Gasteiger partial charge on any atom is 0.432 e. The summed E-state index contributed by atoms with van der Waals surface area (Å²) in [6, 6.07) is 14.3. The molecule has 10 heteroatoms. The summed E-state index contributed by atoms with van der Waals surface area (Å²) in [5.41, 5.74) is -0.000215. The van der Waals surface area contributed by atoms with Crippen LogP contribution in [0, 0.1) is 23.3 Å². The molecule has 0 aliphatic rings. The van der Waals surface area contributed by atoms with Crippen LogP contribution in [0.25, 0.3) is 22.3 Å². The summed E-state index contributed by atoms with van der Waals surface area (Å²) in [5, 5.41) is 0. The van der Waals surface area contributed by atoms with E-state index in [-0.39, 0.29) is 17.4 Å². The van der Waals surface area contributed by atoms with Crippen LogP contribution >= 0.6 is 0 Å². The van der Waals surface area contributed by atoms with Crippen molar-refractivity contribution in [3.8, 4) is 33.8 Å². The third-order valence-corrected chi connectivity index (χ3v) is 5.86. The van der Waals surface area contributed by atoms with Crippen LogP contribution in [0.2, 0.25) is 0 Å². The molecule has 40 heavy (non-hydrogen) atoms. The highest BCUT2D eigenvalue weighted by Crippen LogP contribution is 2.38. The van der Waals surface area contributed by atoms with Gasteiger partial charge < -0.3 is 9.47 Å². The molecule has 0 heterocycles. The molecule has 0 saturated heterocycles. The highest BCUT2D eigenvalue weighted by atomic mass is 19.3. The Balaban J connectivity index is 1.58. The van der Waals surface area contributed by atoms with E-state index in [2.05, 4.69) is 9.47 Å². The first-order valence-corrected chi connectivity index (χ1v) is 11.9. The number of halogens is 8. The van der Waals surface area contributed by atoms with Gasteiger partial charge in [0.05, 0.1) is 0 Å². The van der Waals surface area contributed by atoms with Crippen LogP contribution in [0.1, 0.15) is 24.5 Å². The fourth-order valence-electron chi connectivity index (χ4n) is 4.04. The zero-order valence-corrected chi connectivity index (χ0v) is 20.8. The molecule has 4 rings (SSSR count). The van der Waals surface area contributed by atoms with Crippen molar-refractivity contribution >= 4 is 0 Å². The van der Waals surface area contributed by atoms with E-state index in [0.717, 1.165) is 30.0 Å². The van der Waals surface area contributed by atoms with Crippen molar-refractivity contribution in [1.82, 2.24) is 0 Å². The summed E-state index contributed by atoms with van der Waals surface area (Å²) in [4.78, 5) is 0. The summed E-state index contributed by atoms with van der Waals surface area (Å²) < 4.78 is 121. The molecule has 0 aromatic heterocycles. The van der Waals surface area contributed by atoms with Gasteiger partial charge in [0, 0.05) is 11.6 Å². The van der Waals surface area contributed by atoms with E-state index in [1.54, 1.807) is 0 Å². The second-order valence-electron chi connectivity index (χ2n) is 8.69.